The molecule has 2 aliphatic rings. The highest BCUT2D eigenvalue weighted by molar-refractivity contribution is 8.46. The number of fused-ring (bicyclic) bond motifs is 2. The molecule has 0 radical (unpaired) electrons. The lowest BCUT2D eigenvalue weighted by atomic mass is 9.96. The van der Waals surface area contributed by atoms with Crippen molar-refractivity contribution in [1.29, 1.82) is 0 Å². The first kappa shape index (κ1) is 44.5. The highest BCUT2D eigenvalue weighted by Crippen LogP contribution is 2.58. The molecule has 2 heterocycles. The zero-order chi connectivity index (χ0) is 41.2. The van der Waals surface area contributed by atoms with Crippen LogP contribution in [0, 0.1) is 23.7 Å². The van der Waals surface area contributed by atoms with Crippen molar-refractivity contribution >= 4 is 148 Å². The van der Waals surface area contributed by atoms with Crippen molar-refractivity contribution in [2.24, 2.45) is 0 Å². The molecule has 0 nitrogen and oxygen atoms in total. The maximum absolute atomic E-state index is 3.55. The van der Waals surface area contributed by atoms with E-state index in [0.29, 0.717) is 0 Å². The van der Waals surface area contributed by atoms with E-state index in [-0.39, 0.29) is 9.49 Å². The monoisotopic (exact) mass is 940 g/mol. The lowest BCUT2D eigenvalue weighted by Gasteiger charge is -2.17. The fraction of sp³-hybridized carbons (Fsp3) is 0.250. The molecule has 2 aliphatic heterocycles. The standard InChI is InChI=1S/C48H44S10/c1-47(2,3)57-33-21-15-29(16-22-33)11-13-31-19-25-35-37(27-31)39(41-53-43(49-7)44(50-8)54-41)36-26-20-32(14-12-30-17-23-34(24-18-30)58-48(4,5)6)28-38(36)40(35)42-55-45(51-9)46(52-10)56-42/h15-28H,1-10H3. The lowest BCUT2D eigenvalue weighted by molar-refractivity contribution is 0.802. The van der Waals surface area contributed by atoms with Gasteiger partial charge in [0.2, 0.25) is 0 Å². The van der Waals surface area contributed by atoms with Crippen LogP contribution in [-0.4, -0.2) is 34.5 Å². The largest absolute Gasteiger partial charge is 0.121 e. The van der Waals surface area contributed by atoms with Crippen LogP contribution in [0.15, 0.2) is 112 Å². The van der Waals surface area contributed by atoms with Crippen molar-refractivity contribution in [3.05, 3.63) is 135 Å². The number of rotatable bonds is 6. The Balaban J connectivity index is 1.44. The van der Waals surface area contributed by atoms with Crippen LogP contribution in [0.5, 0.6) is 0 Å². The smallest absolute Gasteiger partial charge is 0.0657 e. The summed E-state index contributed by atoms with van der Waals surface area (Å²) >= 11 is 18.8. The second-order valence-corrected chi connectivity index (χ2v) is 27.9. The van der Waals surface area contributed by atoms with Crippen molar-refractivity contribution in [2.45, 2.75) is 60.8 Å². The molecule has 0 fully saturated rings. The number of hydrogen-bond acceptors (Lipinski definition) is 10. The molecule has 5 aromatic rings. The lowest BCUT2D eigenvalue weighted by Crippen LogP contribution is -2.17. The zero-order valence-corrected chi connectivity index (χ0v) is 42.3. The van der Waals surface area contributed by atoms with E-state index in [1.165, 1.54) is 67.2 Å². The van der Waals surface area contributed by atoms with Gasteiger partial charge in [0.25, 0.3) is 0 Å². The molecule has 0 spiro atoms. The second-order valence-electron chi connectivity index (χ2n) is 15.2. The zero-order valence-electron chi connectivity index (χ0n) is 34.2. The Morgan fingerprint density at radius 2 is 0.672 bits per heavy atom. The molecule has 7 rings (SSSR count). The third-order valence-electron chi connectivity index (χ3n) is 8.60. The van der Waals surface area contributed by atoms with E-state index >= 15 is 0 Å². The molecule has 0 saturated heterocycles. The molecule has 58 heavy (non-hydrogen) atoms. The van der Waals surface area contributed by atoms with Gasteiger partial charge in [-0.15, -0.1) is 70.6 Å². The molecule has 0 unspecified atom stereocenters. The van der Waals surface area contributed by atoms with Gasteiger partial charge >= 0.3 is 0 Å². The third-order valence-corrected chi connectivity index (χ3v) is 21.3. The maximum Gasteiger partial charge on any atom is 0.0657 e. The van der Waals surface area contributed by atoms with Gasteiger partial charge in [-0.3, -0.25) is 0 Å². The van der Waals surface area contributed by atoms with Crippen LogP contribution in [0.25, 0.3) is 30.0 Å². The Bertz CT molecular complexity index is 2500. The van der Waals surface area contributed by atoms with Gasteiger partial charge in [-0.2, -0.15) is 0 Å². The topological polar surface area (TPSA) is 0 Å². The van der Waals surface area contributed by atoms with Crippen LogP contribution >= 0.6 is 118 Å². The molecule has 296 valence electrons. The molecule has 0 aromatic heterocycles. The van der Waals surface area contributed by atoms with Crippen LogP contribution in [0.4, 0.5) is 0 Å². The minimum Gasteiger partial charge on any atom is -0.121 e. The van der Waals surface area contributed by atoms with Crippen molar-refractivity contribution in [1.82, 2.24) is 0 Å². The SMILES string of the molecule is CSC1=C(SC)SC(=c2c3ccc(C#Cc4ccc(SC(C)(C)C)cc4)cc3c(=C3SC(SC)=C(SC)S3)c3ccc(C#Cc4ccc(SC(C)(C)C)cc4)cc23)S1. The van der Waals surface area contributed by atoms with E-state index in [9.17, 15) is 0 Å². The molecule has 0 N–H and O–H groups in total. The van der Waals surface area contributed by atoms with Gasteiger partial charge in [0.15, 0.2) is 0 Å². The van der Waals surface area contributed by atoms with Crippen LogP contribution < -0.4 is 10.4 Å². The van der Waals surface area contributed by atoms with Crippen molar-refractivity contribution in [3.63, 3.8) is 0 Å². The first-order valence-electron chi connectivity index (χ1n) is 18.5. The maximum atomic E-state index is 3.55. The summed E-state index contributed by atoms with van der Waals surface area (Å²) in [6.07, 6.45) is 8.76. The molecule has 0 bridgehead atoms. The van der Waals surface area contributed by atoms with Crippen molar-refractivity contribution in [3.8, 4) is 23.7 Å². The van der Waals surface area contributed by atoms with E-state index in [1.807, 2.05) is 118 Å². The van der Waals surface area contributed by atoms with Crippen molar-refractivity contribution < 1.29 is 0 Å². The summed E-state index contributed by atoms with van der Waals surface area (Å²) in [5, 5.41) is 7.57. The molecule has 0 atom stereocenters. The molecule has 0 saturated carbocycles. The van der Waals surface area contributed by atoms with E-state index in [2.05, 4.69) is 175 Å². The minimum absolute atomic E-state index is 0.167. The summed E-state index contributed by atoms with van der Waals surface area (Å²) in [6.45, 7) is 13.5. The Labute approximate surface area is 387 Å². The quantitative estimate of drug-likeness (QED) is 0.0913. The van der Waals surface area contributed by atoms with Gasteiger partial charge in [0.05, 0.1) is 25.4 Å². The summed E-state index contributed by atoms with van der Waals surface area (Å²) in [5.41, 5.74) is 4.08. The molecular weight excluding hydrogens is 897 g/mol. The Morgan fingerprint density at radius 3 is 0.966 bits per heavy atom. The Hall–Kier alpha value is -1.54. The first-order valence-corrected chi connectivity index (χ1v) is 28.3. The summed E-state index contributed by atoms with van der Waals surface area (Å²) in [6, 6.07) is 31.1. The predicted molar refractivity (Wildman–Crippen MR) is 282 cm³/mol. The van der Waals surface area contributed by atoms with Crippen LogP contribution in [-0.2, 0) is 0 Å². The van der Waals surface area contributed by atoms with Crippen LogP contribution in [0.3, 0.4) is 0 Å². The fourth-order valence-corrected chi connectivity index (χ4v) is 18.5. The van der Waals surface area contributed by atoms with Gasteiger partial charge in [-0.1, -0.05) is 124 Å². The first-order chi connectivity index (χ1) is 27.7. The number of benzene rings is 5. The summed E-state index contributed by atoms with van der Waals surface area (Å²) < 4.78 is 8.45. The summed E-state index contributed by atoms with van der Waals surface area (Å²) in [7, 11) is 0. The van der Waals surface area contributed by atoms with E-state index < -0.39 is 0 Å². The van der Waals surface area contributed by atoms with Crippen molar-refractivity contribution in [2.75, 3.05) is 25.0 Å². The van der Waals surface area contributed by atoms with Gasteiger partial charge in [-0.05, 0) is 119 Å². The van der Waals surface area contributed by atoms with Gasteiger partial charge in [-0.25, -0.2) is 0 Å². The number of thioether (sulfide) groups is 10. The molecule has 5 aromatic carbocycles. The van der Waals surface area contributed by atoms with Gasteiger partial charge in [0.1, 0.15) is 0 Å². The molecule has 0 aliphatic carbocycles. The average molecular weight is 942 g/mol. The highest BCUT2D eigenvalue weighted by Gasteiger charge is 2.26. The second kappa shape index (κ2) is 19.2. The molecule has 0 amide bonds. The van der Waals surface area contributed by atoms with E-state index in [0.717, 1.165) is 22.3 Å². The molecule has 10 heteroatoms. The van der Waals surface area contributed by atoms with Gasteiger partial charge < -0.3 is 0 Å². The normalized spacial score (nSPS) is 14.7. The van der Waals surface area contributed by atoms with E-state index in [4.69, 9.17) is 0 Å². The summed E-state index contributed by atoms with van der Waals surface area (Å²) in [4.78, 5) is 2.53. The van der Waals surface area contributed by atoms with Crippen LogP contribution in [0.1, 0.15) is 63.8 Å². The third kappa shape index (κ3) is 10.7. The summed E-state index contributed by atoms with van der Waals surface area (Å²) in [5.74, 6) is 14.1. The van der Waals surface area contributed by atoms with E-state index in [1.54, 1.807) is 0 Å². The number of hydrogen-bond donors (Lipinski definition) is 0. The van der Waals surface area contributed by atoms with Crippen LogP contribution in [0.2, 0.25) is 0 Å². The molecular formula is C48H44S10. The minimum atomic E-state index is 0.167. The fourth-order valence-electron chi connectivity index (χ4n) is 6.28. The predicted octanol–water partition coefficient (Wildman–Crippen LogP) is 15.4. The Kier molecular flexibility index (Phi) is 14.8. The Morgan fingerprint density at radius 1 is 0.379 bits per heavy atom. The van der Waals surface area contributed by atoms with Gasteiger partial charge in [0, 0.05) is 52.0 Å². The average Bonchev–Trinajstić information content (AvgIpc) is 3.82. The highest BCUT2D eigenvalue weighted by atomic mass is 32.3.